The van der Waals surface area contributed by atoms with Gasteiger partial charge in [0.15, 0.2) is 0 Å². The first-order chi connectivity index (χ1) is 7.50. The Kier molecular flexibility index (Phi) is 5.06. The molecule has 0 amide bonds. The van der Waals surface area contributed by atoms with Gasteiger partial charge in [0.1, 0.15) is 0 Å². The molecular weight excluding hydrogens is 228 g/mol. The molecule has 0 spiro atoms. The molecule has 0 aromatic heterocycles. The van der Waals surface area contributed by atoms with Crippen LogP contribution in [0.5, 0.6) is 0 Å². The number of rotatable bonds is 5. The molecule has 1 aromatic carbocycles. The summed E-state index contributed by atoms with van der Waals surface area (Å²) in [6.07, 6.45) is -1.43. The van der Waals surface area contributed by atoms with Crippen LogP contribution in [0.1, 0.15) is 32.3 Å². The third-order valence-electron chi connectivity index (χ3n) is 2.22. The molecule has 16 heavy (non-hydrogen) atoms. The van der Waals surface area contributed by atoms with Gasteiger partial charge in [0.2, 0.25) is 0 Å². The van der Waals surface area contributed by atoms with Crippen molar-refractivity contribution in [3.05, 3.63) is 23.8 Å². The maximum Gasteiger partial charge on any atom is 0.265 e. The van der Waals surface area contributed by atoms with Crippen molar-refractivity contribution in [2.24, 2.45) is 5.92 Å². The van der Waals surface area contributed by atoms with Crippen molar-refractivity contribution in [3.63, 3.8) is 0 Å². The maximum atomic E-state index is 12.7. The van der Waals surface area contributed by atoms with Crippen LogP contribution in [0.2, 0.25) is 0 Å². The van der Waals surface area contributed by atoms with Gasteiger partial charge in [-0.2, -0.15) is 0 Å². The van der Waals surface area contributed by atoms with Crippen LogP contribution in [0, 0.1) is 5.92 Å². The van der Waals surface area contributed by atoms with Gasteiger partial charge in [0.05, 0.1) is 0 Å². The summed E-state index contributed by atoms with van der Waals surface area (Å²) in [5, 5.41) is 0. The molecule has 2 N–H and O–H groups in total. The quantitative estimate of drug-likeness (QED) is 0.616. The lowest BCUT2D eigenvalue weighted by atomic mass is 10.2. The third-order valence-corrected chi connectivity index (χ3v) is 3.34. The summed E-state index contributed by atoms with van der Waals surface area (Å²) in [7, 11) is 0. The van der Waals surface area contributed by atoms with Gasteiger partial charge >= 0.3 is 0 Å². The molecule has 0 unspecified atom stereocenters. The highest BCUT2D eigenvalue weighted by Crippen LogP contribution is 2.32. The number of benzene rings is 1. The molecule has 0 bridgehead atoms. The molecule has 0 saturated carbocycles. The van der Waals surface area contributed by atoms with Crippen LogP contribution in [0.4, 0.5) is 14.5 Å². The lowest BCUT2D eigenvalue weighted by Crippen LogP contribution is -1.95. The number of hydrogen-bond acceptors (Lipinski definition) is 2. The Morgan fingerprint density at radius 3 is 2.56 bits per heavy atom. The molecule has 0 atom stereocenters. The van der Waals surface area contributed by atoms with Crippen molar-refractivity contribution in [2.45, 2.75) is 31.6 Å². The summed E-state index contributed by atoms with van der Waals surface area (Å²) in [6, 6.07) is 4.72. The molecule has 0 aliphatic rings. The predicted octanol–water partition coefficient (Wildman–Crippen LogP) is 4.34. The van der Waals surface area contributed by atoms with E-state index in [0.717, 1.165) is 12.2 Å². The topological polar surface area (TPSA) is 26.0 Å². The minimum atomic E-state index is -2.45. The van der Waals surface area contributed by atoms with Gasteiger partial charge in [-0.1, -0.05) is 13.8 Å². The summed E-state index contributed by atoms with van der Waals surface area (Å²) in [6.45, 7) is 4.25. The van der Waals surface area contributed by atoms with Gasteiger partial charge in [-0.25, -0.2) is 8.78 Å². The second kappa shape index (κ2) is 6.09. The second-order valence-electron chi connectivity index (χ2n) is 4.13. The number of thioether (sulfide) groups is 1. The Morgan fingerprint density at radius 2 is 2.00 bits per heavy atom. The van der Waals surface area contributed by atoms with Gasteiger partial charge in [0.25, 0.3) is 6.43 Å². The predicted molar refractivity (Wildman–Crippen MR) is 66.0 cm³/mol. The normalized spacial score (nSPS) is 11.4. The number of nitrogens with two attached hydrogens (primary N) is 1. The van der Waals surface area contributed by atoms with Crippen molar-refractivity contribution in [3.8, 4) is 0 Å². The average molecular weight is 245 g/mol. The molecule has 0 aliphatic heterocycles. The fraction of sp³-hybridized carbons (Fsp3) is 0.500. The zero-order chi connectivity index (χ0) is 12.1. The highest BCUT2D eigenvalue weighted by atomic mass is 32.2. The van der Waals surface area contributed by atoms with Crippen LogP contribution in [0.3, 0.4) is 0 Å². The van der Waals surface area contributed by atoms with Crippen LogP contribution in [0.25, 0.3) is 0 Å². The summed E-state index contributed by atoms with van der Waals surface area (Å²) in [5.41, 5.74) is 5.94. The number of alkyl halides is 2. The van der Waals surface area contributed by atoms with E-state index < -0.39 is 6.43 Å². The largest absolute Gasteiger partial charge is 0.399 e. The van der Waals surface area contributed by atoms with Crippen LogP contribution in [-0.2, 0) is 0 Å². The first kappa shape index (κ1) is 13.3. The van der Waals surface area contributed by atoms with Crippen molar-refractivity contribution < 1.29 is 8.78 Å². The van der Waals surface area contributed by atoms with Crippen molar-refractivity contribution >= 4 is 17.4 Å². The molecule has 0 aliphatic carbocycles. The molecule has 0 radical (unpaired) electrons. The highest BCUT2D eigenvalue weighted by Gasteiger charge is 2.13. The number of hydrogen-bond donors (Lipinski definition) is 1. The molecule has 1 rings (SSSR count). The van der Waals surface area contributed by atoms with E-state index in [1.165, 1.54) is 17.8 Å². The SMILES string of the molecule is CC(C)CCSc1ccc(N)cc1C(F)F. The van der Waals surface area contributed by atoms with E-state index in [1.54, 1.807) is 12.1 Å². The Labute approximate surface area is 99.4 Å². The maximum absolute atomic E-state index is 12.7. The van der Waals surface area contributed by atoms with Crippen molar-refractivity contribution in [2.75, 3.05) is 11.5 Å². The minimum Gasteiger partial charge on any atom is -0.399 e. The van der Waals surface area contributed by atoms with Crippen LogP contribution in [0.15, 0.2) is 23.1 Å². The van der Waals surface area contributed by atoms with E-state index in [-0.39, 0.29) is 5.56 Å². The van der Waals surface area contributed by atoms with E-state index in [2.05, 4.69) is 13.8 Å². The fourth-order valence-electron chi connectivity index (χ4n) is 1.27. The van der Waals surface area contributed by atoms with Gasteiger partial charge in [-0.3, -0.25) is 0 Å². The van der Waals surface area contributed by atoms with E-state index in [9.17, 15) is 8.78 Å². The van der Waals surface area contributed by atoms with Gasteiger partial charge in [-0.05, 0) is 36.3 Å². The monoisotopic (exact) mass is 245 g/mol. The molecule has 0 heterocycles. The molecule has 1 nitrogen and oxygen atoms in total. The van der Waals surface area contributed by atoms with E-state index in [1.807, 2.05) is 0 Å². The van der Waals surface area contributed by atoms with Gasteiger partial charge in [0, 0.05) is 16.1 Å². The first-order valence-electron chi connectivity index (χ1n) is 5.31. The number of anilines is 1. The summed E-state index contributed by atoms with van der Waals surface area (Å²) >= 11 is 1.48. The lowest BCUT2D eigenvalue weighted by molar-refractivity contribution is 0.148. The van der Waals surface area contributed by atoms with Crippen LogP contribution < -0.4 is 5.73 Å². The Bertz CT molecular complexity index is 340. The standard InChI is InChI=1S/C12H17F2NS/c1-8(2)5-6-16-11-4-3-9(15)7-10(11)12(13)14/h3-4,7-8,12H,5-6,15H2,1-2H3. The minimum absolute atomic E-state index is 0.0498. The Balaban J connectivity index is 2.71. The Morgan fingerprint density at radius 1 is 1.31 bits per heavy atom. The highest BCUT2D eigenvalue weighted by molar-refractivity contribution is 7.99. The van der Waals surface area contributed by atoms with E-state index in [4.69, 9.17) is 5.73 Å². The van der Waals surface area contributed by atoms with Crippen molar-refractivity contribution in [1.29, 1.82) is 0 Å². The molecule has 0 saturated heterocycles. The molecule has 1 aromatic rings. The third kappa shape index (κ3) is 4.00. The zero-order valence-corrected chi connectivity index (χ0v) is 10.4. The number of halogens is 2. The van der Waals surface area contributed by atoms with Crippen LogP contribution in [-0.4, -0.2) is 5.75 Å². The molecular formula is C12H17F2NS. The van der Waals surface area contributed by atoms with Crippen LogP contribution >= 0.6 is 11.8 Å². The molecule has 4 heteroatoms. The lowest BCUT2D eigenvalue weighted by Gasteiger charge is -2.10. The average Bonchev–Trinajstić information content (AvgIpc) is 2.19. The fourth-order valence-corrected chi connectivity index (χ4v) is 2.56. The van der Waals surface area contributed by atoms with E-state index >= 15 is 0 Å². The first-order valence-corrected chi connectivity index (χ1v) is 6.29. The Hall–Kier alpha value is -0.770. The van der Waals surface area contributed by atoms with Gasteiger partial charge < -0.3 is 5.73 Å². The molecule has 0 fully saturated rings. The van der Waals surface area contributed by atoms with Crippen molar-refractivity contribution in [1.82, 2.24) is 0 Å². The zero-order valence-electron chi connectivity index (χ0n) is 9.54. The summed E-state index contributed by atoms with van der Waals surface area (Å²) < 4.78 is 25.4. The van der Waals surface area contributed by atoms with E-state index in [0.29, 0.717) is 16.5 Å². The summed E-state index contributed by atoms with van der Waals surface area (Å²) in [4.78, 5) is 0.643. The second-order valence-corrected chi connectivity index (χ2v) is 5.27. The molecule has 90 valence electrons. The summed E-state index contributed by atoms with van der Waals surface area (Å²) in [5.74, 6) is 1.46. The number of nitrogen functional groups attached to an aromatic ring is 1. The smallest absolute Gasteiger partial charge is 0.265 e. The van der Waals surface area contributed by atoms with Gasteiger partial charge in [-0.15, -0.1) is 11.8 Å².